The molecular formula is C20H21FN2O3. The zero-order valence-electron chi connectivity index (χ0n) is 14.7. The van der Waals surface area contributed by atoms with Gasteiger partial charge in [0.1, 0.15) is 11.6 Å². The van der Waals surface area contributed by atoms with Crippen molar-refractivity contribution in [2.75, 3.05) is 33.3 Å². The van der Waals surface area contributed by atoms with E-state index in [9.17, 15) is 14.0 Å². The Morgan fingerprint density at radius 3 is 2.27 bits per heavy atom. The summed E-state index contributed by atoms with van der Waals surface area (Å²) >= 11 is 0. The van der Waals surface area contributed by atoms with Crippen LogP contribution in [0.5, 0.6) is 5.75 Å². The van der Waals surface area contributed by atoms with Crippen molar-refractivity contribution in [1.29, 1.82) is 0 Å². The Morgan fingerprint density at radius 1 is 0.962 bits per heavy atom. The fraction of sp³-hybridized carbons (Fsp3) is 0.300. The molecule has 1 aliphatic heterocycles. The SMILES string of the molecule is COc1ccccc1CC(=O)N1CCN(C(=O)c2ccccc2F)CC1. The minimum atomic E-state index is -0.521. The minimum absolute atomic E-state index is 0.00695. The third kappa shape index (κ3) is 3.85. The number of benzene rings is 2. The number of carbonyl (C=O) groups excluding carboxylic acids is 2. The molecular weight excluding hydrogens is 335 g/mol. The Labute approximate surface area is 152 Å². The van der Waals surface area contributed by atoms with Crippen molar-refractivity contribution < 1.29 is 18.7 Å². The normalized spacial score (nSPS) is 14.2. The van der Waals surface area contributed by atoms with Gasteiger partial charge in [-0.2, -0.15) is 0 Å². The van der Waals surface area contributed by atoms with Crippen LogP contribution in [0.4, 0.5) is 4.39 Å². The van der Waals surface area contributed by atoms with Crippen LogP contribution >= 0.6 is 0 Å². The zero-order valence-corrected chi connectivity index (χ0v) is 14.7. The molecule has 26 heavy (non-hydrogen) atoms. The van der Waals surface area contributed by atoms with E-state index < -0.39 is 5.82 Å². The van der Waals surface area contributed by atoms with Gasteiger partial charge in [-0.25, -0.2) is 4.39 Å². The second-order valence-corrected chi connectivity index (χ2v) is 6.14. The van der Waals surface area contributed by atoms with Gasteiger partial charge in [0.15, 0.2) is 0 Å². The van der Waals surface area contributed by atoms with Crippen LogP contribution in [-0.2, 0) is 11.2 Å². The van der Waals surface area contributed by atoms with E-state index in [1.165, 1.54) is 12.1 Å². The zero-order chi connectivity index (χ0) is 18.5. The van der Waals surface area contributed by atoms with E-state index in [-0.39, 0.29) is 23.8 Å². The fourth-order valence-corrected chi connectivity index (χ4v) is 3.09. The second-order valence-electron chi connectivity index (χ2n) is 6.14. The first kappa shape index (κ1) is 17.9. The monoisotopic (exact) mass is 356 g/mol. The number of amides is 2. The first-order valence-corrected chi connectivity index (χ1v) is 8.53. The molecule has 2 amide bonds. The maximum absolute atomic E-state index is 13.8. The highest BCUT2D eigenvalue weighted by molar-refractivity contribution is 5.94. The third-order valence-corrected chi connectivity index (χ3v) is 4.56. The van der Waals surface area contributed by atoms with Crippen molar-refractivity contribution in [3.8, 4) is 5.75 Å². The van der Waals surface area contributed by atoms with E-state index in [1.807, 2.05) is 24.3 Å². The van der Waals surface area contributed by atoms with Crippen LogP contribution in [0.3, 0.4) is 0 Å². The number of nitrogens with zero attached hydrogens (tertiary/aromatic N) is 2. The summed E-state index contributed by atoms with van der Waals surface area (Å²) in [5.41, 5.74) is 0.908. The van der Waals surface area contributed by atoms with Crippen LogP contribution in [0.2, 0.25) is 0 Å². The van der Waals surface area contributed by atoms with Gasteiger partial charge in [0, 0.05) is 31.7 Å². The van der Waals surface area contributed by atoms with Gasteiger partial charge in [-0.05, 0) is 18.2 Å². The van der Waals surface area contributed by atoms with Gasteiger partial charge in [-0.1, -0.05) is 30.3 Å². The summed E-state index contributed by atoms with van der Waals surface area (Å²) in [7, 11) is 1.58. The number of ether oxygens (including phenoxy) is 1. The lowest BCUT2D eigenvalue weighted by Gasteiger charge is -2.35. The number of rotatable bonds is 4. The molecule has 0 aromatic heterocycles. The van der Waals surface area contributed by atoms with Crippen molar-refractivity contribution in [2.45, 2.75) is 6.42 Å². The predicted molar refractivity (Wildman–Crippen MR) is 95.6 cm³/mol. The molecule has 3 rings (SSSR count). The molecule has 6 heteroatoms. The maximum atomic E-state index is 13.8. The van der Waals surface area contributed by atoms with Crippen LogP contribution in [0, 0.1) is 5.82 Å². The van der Waals surface area contributed by atoms with Gasteiger partial charge in [-0.3, -0.25) is 9.59 Å². The second kappa shape index (κ2) is 7.99. The van der Waals surface area contributed by atoms with Crippen LogP contribution in [0.1, 0.15) is 15.9 Å². The average molecular weight is 356 g/mol. The van der Waals surface area contributed by atoms with Crippen LogP contribution in [-0.4, -0.2) is 54.9 Å². The first-order valence-electron chi connectivity index (χ1n) is 8.53. The number of hydrogen-bond donors (Lipinski definition) is 0. The molecule has 0 saturated carbocycles. The lowest BCUT2D eigenvalue weighted by atomic mass is 10.1. The number of carbonyl (C=O) groups is 2. The number of para-hydroxylation sites is 1. The number of halogens is 1. The van der Waals surface area contributed by atoms with Crippen LogP contribution < -0.4 is 4.74 Å². The standard InChI is InChI=1S/C20H21FN2O3/c1-26-18-9-5-2-6-15(18)14-19(24)22-10-12-23(13-11-22)20(25)16-7-3-4-8-17(16)21/h2-9H,10-14H2,1H3. The quantitative estimate of drug-likeness (QED) is 0.845. The molecule has 0 spiro atoms. The van der Waals surface area contributed by atoms with Crippen molar-refractivity contribution in [1.82, 2.24) is 9.80 Å². The Morgan fingerprint density at radius 2 is 1.58 bits per heavy atom. The molecule has 0 aliphatic carbocycles. The highest BCUT2D eigenvalue weighted by Gasteiger charge is 2.26. The van der Waals surface area contributed by atoms with Crippen molar-refractivity contribution in [3.63, 3.8) is 0 Å². The highest BCUT2D eigenvalue weighted by Crippen LogP contribution is 2.19. The lowest BCUT2D eigenvalue weighted by molar-refractivity contribution is -0.131. The van der Waals surface area contributed by atoms with Gasteiger partial charge in [0.25, 0.3) is 5.91 Å². The minimum Gasteiger partial charge on any atom is -0.496 e. The Balaban J connectivity index is 1.59. The van der Waals surface area contributed by atoms with E-state index in [1.54, 1.807) is 29.0 Å². The highest BCUT2D eigenvalue weighted by atomic mass is 19.1. The molecule has 1 fully saturated rings. The number of methoxy groups -OCH3 is 1. The summed E-state index contributed by atoms with van der Waals surface area (Å²) < 4.78 is 19.1. The topological polar surface area (TPSA) is 49.9 Å². The Hall–Kier alpha value is -2.89. The van der Waals surface area contributed by atoms with Crippen LogP contribution in [0.25, 0.3) is 0 Å². The van der Waals surface area contributed by atoms with E-state index >= 15 is 0 Å². The molecule has 2 aromatic rings. The Bertz CT molecular complexity index is 801. The summed E-state index contributed by atoms with van der Waals surface area (Å²) in [6.07, 6.45) is 0.255. The maximum Gasteiger partial charge on any atom is 0.256 e. The molecule has 0 unspecified atom stereocenters. The van der Waals surface area contributed by atoms with E-state index in [4.69, 9.17) is 4.74 Å². The fourth-order valence-electron chi connectivity index (χ4n) is 3.09. The molecule has 0 N–H and O–H groups in total. The molecule has 1 heterocycles. The van der Waals surface area contributed by atoms with Gasteiger partial charge < -0.3 is 14.5 Å². The van der Waals surface area contributed by atoms with Crippen LogP contribution in [0.15, 0.2) is 48.5 Å². The molecule has 2 aromatic carbocycles. The molecule has 0 radical (unpaired) electrons. The first-order chi connectivity index (χ1) is 12.6. The average Bonchev–Trinajstić information content (AvgIpc) is 2.68. The molecule has 1 aliphatic rings. The Kier molecular flexibility index (Phi) is 5.51. The number of hydrogen-bond acceptors (Lipinski definition) is 3. The smallest absolute Gasteiger partial charge is 0.256 e. The van der Waals surface area contributed by atoms with E-state index in [2.05, 4.69) is 0 Å². The number of piperazine rings is 1. The lowest BCUT2D eigenvalue weighted by Crippen LogP contribution is -2.51. The van der Waals surface area contributed by atoms with E-state index in [0.717, 1.165) is 5.56 Å². The van der Waals surface area contributed by atoms with Crippen molar-refractivity contribution in [2.24, 2.45) is 0 Å². The predicted octanol–water partition coefficient (Wildman–Crippen LogP) is 2.36. The van der Waals surface area contributed by atoms with E-state index in [0.29, 0.717) is 31.9 Å². The largest absolute Gasteiger partial charge is 0.496 e. The third-order valence-electron chi connectivity index (χ3n) is 4.56. The van der Waals surface area contributed by atoms with Gasteiger partial charge >= 0.3 is 0 Å². The summed E-state index contributed by atoms with van der Waals surface area (Å²) in [5.74, 6) is -0.172. The summed E-state index contributed by atoms with van der Waals surface area (Å²) in [6, 6.07) is 13.4. The molecule has 1 saturated heterocycles. The summed E-state index contributed by atoms with van der Waals surface area (Å²) in [4.78, 5) is 28.3. The molecule has 136 valence electrons. The van der Waals surface area contributed by atoms with Crippen molar-refractivity contribution >= 4 is 11.8 Å². The molecule has 5 nitrogen and oxygen atoms in total. The molecule has 0 bridgehead atoms. The van der Waals surface area contributed by atoms with Gasteiger partial charge in [0.2, 0.25) is 5.91 Å². The summed E-state index contributed by atoms with van der Waals surface area (Å²) in [5, 5.41) is 0. The summed E-state index contributed by atoms with van der Waals surface area (Å²) in [6.45, 7) is 1.66. The van der Waals surface area contributed by atoms with Crippen molar-refractivity contribution in [3.05, 3.63) is 65.5 Å². The molecule has 0 atom stereocenters. The van der Waals surface area contributed by atoms with Gasteiger partial charge in [-0.15, -0.1) is 0 Å². The van der Waals surface area contributed by atoms with Gasteiger partial charge in [0.05, 0.1) is 19.1 Å².